The lowest BCUT2D eigenvalue weighted by molar-refractivity contribution is -0.143. The quantitative estimate of drug-likeness (QED) is 0.928. The highest BCUT2D eigenvalue weighted by Gasteiger charge is 2.45. The number of carbonyl (C=O) groups is 1. The zero-order valence-corrected chi connectivity index (χ0v) is 11.0. The molecule has 3 heteroatoms. The van der Waals surface area contributed by atoms with Crippen LogP contribution in [0.15, 0.2) is 48.5 Å². The Kier molecular flexibility index (Phi) is 3.05. The van der Waals surface area contributed by atoms with Crippen molar-refractivity contribution >= 4 is 5.97 Å². The zero-order valence-electron chi connectivity index (χ0n) is 11.0. The smallest absolute Gasteiger partial charge is 0.314 e. The molecule has 2 aromatic rings. The Bertz CT molecular complexity index is 666. The van der Waals surface area contributed by atoms with Gasteiger partial charge in [0.1, 0.15) is 5.82 Å². The van der Waals surface area contributed by atoms with Gasteiger partial charge >= 0.3 is 5.97 Å². The van der Waals surface area contributed by atoms with E-state index in [0.717, 1.165) is 23.1 Å². The monoisotopic (exact) mass is 270 g/mol. The van der Waals surface area contributed by atoms with Crippen molar-refractivity contribution in [3.63, 3.8) is 0 Å². The molecule has 0 amide bonds. The van der Waals surface area contributed by atoms with Gasteiger partial charge in [0.25, 0.3) is 0 Å². The molecule has 1 aliphatic rings. The number of fused-ring (bicyclic) bond motifs is 1. The molecule has 2 nitrogen and oxygen atoms in total. The Morgan fingerprint density at radius 1 is 1.20 bits per heavy atom. The van der Waals surface area contributed by atoms with Crippen LogP contribution in [0.25, 0.3) is 0 Å². The molecule has 102 valence electrons. The summed E-state index contributed by atoms with van der Waals surface area (Å²) in [6.45, 7) is 0. The van der Waals surface area contributed by atoms with Crippen molar-refractivity contribution in [3.8, 4) is 0 Å². The minimum Gasteiger partial charge on any atom is -0.481 e. The topological polar surface area (TPSA) is 37.3 Å². The van der Waals surface area contributed by atoms with Crippen LogP contribution in [0.2, 0.25) is 0 Å². The SMILES string of the molecule is O=C(O)C1(Cc2cccc(F)c2)CCc2ccccc21. The van der Waals surface area contributed by atoms with E-state index in [9.17, 15) is 14.3 Å². The normalized spacial score (nSPS) is 20.6. The molecule has 1 unspecified atom stereocenters. The maximum atomic E-state index is 13.3. The summed E-state index contributed by atoms with van der Waals surface area (Å²) in [5, 5.41) is 9.75. The first kappa shape index (κ1) is 12.9. The second-order valence-electron chi connectivity index (χ2n) is 5.35. The Balaban J connectivity index is 2.05. The summed E-state index contributed by atoms with van der Waals surface area (Å²) >= 11 is 0. The highest BCUT2D eigenvalue weighted by molar-refractivity contribution is 5.83. The molecule has 0 spiro atoms. The lowest BCUT2D eigenvalue weighted by Gasteiger charge is -2.25. The van der Waals surface area contributed by atoms with Crippen LogP contribution in [0.4, 0.5) is 4.39 Å². The Morgan fingerprint density at radius 2 is 2.00 bits per heavy atom. The number of benzene rings is 2. The molecule has 1 N–H and O–H groups in total. The van der Waals surface area contributed by atoms with Gasteiger partial charge in [-0.3, -0.25) is 4.79 Å². The van der Waals surface area contributed by atoms with Crippen molar-refractivity contribution in [2.75, 3.05) is 0 Å². The Labute approximate surface area is 116 Å². The van der Waals surface area contributed by atoms with Gasteiger partial charge in [-0.2, -0.15) is 0 Å². The van der Waals surface area contributed by atoms with Crippen LogP contribution in [0.1, 0.15) is 23.1 Å². The summed E-state index contributed by atoms with van der Waals surface area (Å²) < 4.78 is 13.3. The molecule has 20 heavy (non-hydrogen) atoms. The van der Waals surface area contributed by atoms with Crippen LogP contribution in [0.5, 0.6) is 0 Å². The van der Waals surface area contributed by atoms with E-state index in [0.29, 0.717) is 12.8 Å². The van der Waals surface area contributed by atoms with Crippen molar-refractivity contribution in [1.29, 1.82) is 0 Å². The summed E-state index contributed by atoms with van der Waals surface area (Å²) in [7, 11) is 0. The van der Waals surface area contributed by atoms with E-state index < -0.39 is 11.4 Å². The fourth-order valence-corrected chi connectivity index (χ4v) is 3.16. The molecule has 0 heterocycles. The second kappa shape index (κ2) is 4.75. The van der Waals surface area contributed by atoms with Gasteiger partial charge in [-0.25, -0.2) is 4.39 Å². The second-order valence-corrected chi connectivity index (χ2v) is 5.35. The van der Waals surface area contributed by atoms with Crippen LogP contribution < -0.4 is 0 Å². The minimum atomic E-state index is -0.926. The van der Waals surface area contributed by atoms with Crippen LogP contribution in [-0.2, 0) is 23.1 Å². The van der Waals surface area contributed by atoms with Gasteiger partial charge in [0.05, 0.1) is 5.41 Å². The lowest BCUT2D eigenvalue weighted by Crippen LogP contribution is -2.35. The van der Waals surface area contributed by atoms with Gasteiger partial charge in [0.2, 0.25) is 0 Å². The Hall–Kier alpha value is -2.16. The maximum absolute atomic E-state index is 13.3. The number of aliphatic carboxylic acids is 1. The summed E-state index contributed by atoms with van der Waals surface area (Å²) in [4.78, 5) is 11.9. The summed E-state index contributed by atoms with van der Waals surface area (Å²) in [6, 6.07) is 13.9. The predicted molar refractivity (Wildman–Crippen MR) is 74.2 cm³/mol. The highest BCUT2D eigenvalue weighted by Crippen LogP contribution is 2.41. The van der Waals surface area contributed by atoms with E-state index in [1.807, 2.05) is 24.3 Å². The molecular weight excluding hydrogens is 255 g/mol. The molecule has 0 aliphatic heterocycles. The molecule has 2 aromatic carbocycles. The number of aryl methyl sites for hydroxylation is 1. The highest BCUT2D eigenvalue weighted by atomic mass is 19.1. The lowest BCUT2D eigenvalue weighted by atomic mass is 9.76. The van der Waals surface area contributed by atoms with Crippen molar-refractivity contribution in [2.45, 2.75) is 24.7 Å². The first-order chi connectivity index (χ1) is 9.62. The average Bonchev–Trinajstić information content (AvgIpc) is 2.79. The molecule has 0 saturated heterocycles. The third kappa shape index (κ3) is 1.99. The molecule has 1 atom stereocenters. The molecule has 3 rings (SSSR count). The molecular formula is C17H15FO2. The molecule has 0 bridgehead atoms. The van der Waals surface area contributed by atoms with Gasteiger partial charge in [-0.15, -0.1) is 0 Å². The summed E-state index contributed by atoms with van der Waals surface area (Å²) in [5.74, 6) is -1.15. The van der Waals surface area contributed by atoms with Crippen LogP contribution in [0.3, 0.4) is 0 Å². The van der Waals surface area contributed by atoms with Crippen molar-refractivity contribution in [3.05, 3.63) is 71.0 Å². The van der Waals surface area contributed by atoms with Gasteiger partial charge in [0.15, 0.2) is 0 Å². The predicted octanol–water partition coefficient (Wildman–Crippen LogP) is 3.34. The van der Waals surface area contributed by atoms with Crippen LogP contribution >= 0.6 is 0 Å². The third-order valence-electron chi connectivity index (χ3n) is 4.16. The number of rotatable bonds is 3. The number of carboxylic acids is 1. The largest absolute Gasteiger partial charge is 0.481 e. The standard InChI is InChI=1S/C17H15FO2/c18-14-6-3-4-12(10-14)11-17(16(19)20)9-8-13-5-1-2-7-15(13)17/h1-7,10H,8-9,11H2,(H,19,20). The number of halogens is 1. The minimum absolute atomic E-state index is 0.325. The van der Waals surface area contributed by atoms with E-state index >= 15 is 0 Å². The van der Waals surface area contributed by atoms with E-state index in [2.05, 4.69) is 0 Å². The summed E-state index contributed by atoms with van der Waals surface area (Å²) in [6.07, 6.45) is 1.66. The number of hydrogen-bond donors (Lipinski definition) is 1. The van der Waals surface area contributed by atoms with Gasteiger partial charge in [-0.05, 0) is 48.1 Å². The molecule has 0 fully saturated rings. The van der Waals surface area contributed by atoms with Crippen LogP contribution in [-0.4, -0.2) is 11.1 Å². The van der Waals surface area contributed by atoms with Crippen LogP contribution in [0, 0.1) is 5.82 Å². The van der Waals surface area contributed by atoms with E-state index in [4.69, 9.17) is 0 Å². The maximum Gasteiger partial charge on any atom is 0.314 e. The van der Waals surface area contributed by atoms with E-state index in [-0.39, 0.29) is 5.82 Å². The zero-order chi connectivity index (χ0) is 14.2. The molecule has 1 aliphatic carbocycles. The van der Waals surface area contributed by atoms with Crippen molar-refractivity contribution < 1.29 is 14.3 Å². The molecule has 0 aromatic heterocycles. The first-order valence-electron chi connectivity index (χ1n) is 6.68. The summed E-state index contributed by atoms with van der Waals surface area (Å²) in [5.41, 5.74) is 1.76. The number of carboxylic acid groups (broad SMARTS) is 1. The van der Waals surface area contributed by atoms with Gasteiger partial charge in [-0.1, -0.05) is 36.4 Å². The van der Waals surface area contributed by atoms with Crippen molar-refractivity contribution in [2.24, 2.45) is 0 Å². The first-order valence-corrected chi connectivity index (χ1v) is 6.68. The average molecular weight is 270 g/mol. The molecule has 0 radical (unpaired) electrons. The molecule has 0 saturated carbocycles. The van der Waals surface area contributed by atoms with E-state index in [1.54, 1.807) is 12.1 Å². The fraction of sp³-hybridized carbons (Fsp3) is 0.235. The van der Waals surface area contributed by atoms with E-state index in [1.165, 1.54) is 12.1 Å². The Morgan fingerprint density at radius 3 is 2.75 bits per heavy atom. The third-order valence-corrected chi connectivity index (χ3v) is 4.16. The van der Waals surface area contributed by atoms with Crippen molar-refractivity contribution in [1.82, 2.24) is 0 Å². The van der Waals surface area contributed by atoms with Gasteiger partial charge < -0.3 is 5.11 Å². The van der Waals surface area contributed by atoms with Gasteiger partial charge in [0, 0.05) is 0 Å². The number of hydrogen-bond acceptors (Lipinski definition) is 1. The fourth-order valence-electron chi connectivity index (χ4n) is 3.16.